The second-order valence-corrected chi connectivity index (χ2v) is 17.5. The molecule has 0 saturated carbocycles. The number of benzene rings is 11. The fraction of sp³-hybridized carbons (Fsp3) is 0.0149. The summed E-state index contributed by atoms with van der Waals surface area (Å²) in [6, 6.07) is 104. The Kier molecular flexibility index (Phi) is 10.5. The Morgan fingerprint density at radius 1 is 0.235 bits per heavy atom. The first-order valence-corrected chi connectivity index (χ1v) is 23.5. The van der Waals surface area contributed by atoms with Crippen LogP contribution in [0.4, 0.5) is 17.1 Å². The van der Waals surface area contributed by atoms with Crippen LogP contribution in [0.25, 0.3) is 66.8 Å². The van der Waals surface area contributed by atoms with Crippen LogP contribution in [0, 0.1) is 0 Å². The number of fused-ring (bicyclic) bond motifs is 3. The van der Waals surface area contributed by atoms with Gasteiger partial charge in [0.15, 0.2) is 0 Å². The van der Waals surface area contributed by atoms with Gasteiger partial charge in [-0.25, -0.2) is 0 Å². The maximum absolute atomic E-state index is 2.48. The highest BCUT2D eigenvalue weighted by atomic mass is 15.1. The molecule has 1 nitrogen and oxygen atoms in total. The van der Waals surface area contributed by atoms with Crippen LogP contribution in [0.1, 0.15) is 22.3 Å². The van der Waals surface area contributed by atoms with Gasteiger partial charge in [0, 0.05) is 16.9 Å². The van der Waals surface area contributed by atoms with E-state index >= 15 is 0 Å². The third-order valence-corrected chi connectivity index (χ3v) is 13.8. The molecule has 0 heterocycles. The van der Waals surface area contributed by atoms with Crippen molar-refractivity contribution in [2.75, 3.05) is 4.90 Å². The molecule has 0 aromatic heterocycles. The second-order valence-electron chi connectivity index (χ2n) is 17.5. The maximum atomic E-state index is 2.48. The first-order chi connectivity index (χ1) is 33.8. The summed E-state index contributed by atoms with van der Waals surface area (Å²) >= 11 is 0. The molecule has 0 radical (unpaired) electrons. The molecule has 68 heavy (non-hydrogen) atoms. The van der Waals surface area contributed by atoms with Gasteiger partial charge in [-0.05, 0) is 114 Å². The molecule has 11 aromatic rings. The zero-order valence-corrected chi connectivity index (χ0v) is 37.6. The maximum Gasteiger partial charge on any atom is 0.0714 e. The normalized spacial score (nSPS) is 12.2. The monoisotopic (exact) mass is 865 g/mol. The number of nitrogens with zero attached hydrogens (tertiary/aromatic N) is 1. The van der Waals surface area contributed by atoms with Gasteiger partial charge in [0.2, 0.25) is 0 Å². The van der Waals surface area contributed by atoms with E-state index in [1.807, 2.05) is 0 Å². The molecule has 0 fully saturated rings. The van der Waals surface area contributed by atoms with Gasteiger partial charge in [0.25, 0.3) is 0 Å². The van der Waals surface area contributed by atoms with Crippen LogP contribution in [0.2, 0.25) is 0 Å². The molecule has 0 atom stereocenters. The fourth-order valence-corrected chi connectivity index (χ4v) is 10.9. The third kappa shape index (κ3) is 6.96. The van der Waals surface area contributed by atoms with E-state index in [2.05, 4.69) is 290 Å². The average Bonchev–Trinajstić information content (AvgIpc) is 3.72. The molecule has 320 valence electrons. The summed E-state index contributed by atoms with van der Waals surface area (Å²) in [6.07, 6.45) is 0. The van der Waals surface area contributed by atoms with Gasteiger partial charge in [-0.2, -0.15) is 0 Å². The SMILES string of the molecule is c1ccc(-c2ccccc2-c2c(-c3ccccc3)cccc2-c2cccc(N(c3ccc4c(c3)C(c3ccccc3)(c3ccccc3)c3ccccc3-4)c3ccccc3-c3ccccc3)c2)cc1. The Hall–Kier alpha value is -8.78. The van der Waals surface area contributed by atoms with Crippen molar-refractivity contribution in [3.05, 3.63) is 307 Å². The predicted octanol–water partition coefficient (Wildman–Crippen LogP) is 17.9. The lowest BCUT2D eigenvalue weighted by Crippen LogP contribution is -2.28. The van der Waals surface area contributed by atoms with E-state index in [0.717, 1.165) is 33.8 Å². The van der Waals surface area contributed by atoms with Gasteiger partial charge in [-0.3, -0.25) is 0 Å². The zero-order valence-electron chi connectivity index (χ0n) is 37.6. The Labute approximate surface area is 399 Å². The number of hydrogen-bond donors (Lipinski definition) is 0. The molecule has 11 aromatic carbocycles. The minimum atomic E-state index is -0.546. The van der Waals surface area contributed by atoms with Crippen molar-refractivity contribution in [2.24, 2.45) is 0 Å². The highest BCUT2D eigenvalue weighted by molar-refractivity contribution is 6.01. The van der Waals surface area contributed by atoms with Crippen molar-refractivity contribution in [3.8, 4) is 66.8 Å². The molecular weight excluding hydrogens is 819 g/mol. The largest absolute Gasteiger partial charge is 0.310 e. The van der Waals surface area contributed by atoms with Crippen LogP contribution in [0.3, 0.4) is 0 Å². The predicted molar refractivity (Wildman–Crippen MR) is 286 cm³/mol. The number of para-hydroxylation sites is 1. The van der Waals surface area contributed by atoms with Gasteiger partial charge < -0.3 is 4.90 Å². The second kappa shape index (κ2) is 17.5. The van der Waals surface area contributed by atoms with E-state index in [9.17, 15) is 0 Å². The van der Waals surface area contributed by atoms with Crippen molar-refractivity contribution < 1.29 is 0 Å². The van der Waals surface area contributed by atoms with Gasteiger partial charge in [-0.15, -0.1) is 0 Å². The van der Waals surface area contributed by atoms with Gasteiger partial charge in [0.05, 0.1) is 11.1 Å². The van der Waals surface area contributed by atoms with E-state index in [4.69, 9.17) is 0 Å². The summed E-state index contributed by atoms with van der Waals surface area (Å²) in [7, 11) is 0. The molecule has 0 bridgehead atoms. The Bertz CT molecular complexity index is 3500. The van der Waals surface area contributed by atoms with Crippen molar-refractivity contribution in [1.82, 2.24) is 0 Å². The van der Waals surface area contributed by atoms with Crippen LogP contribution < -0.4 is 4.90 Å². The molecule has 0 amide bonds. The standard InChI is InChI=1S/C67H47N/c1-6-24-48(25-7-1)56-36-16-17-39-62(56)66-58(50-28-10-3-11-29-50)40-23-41-59(66)51-30-22-35-54(46-51)68(65-43-21-19-37-57(65)49-26-8-2-9-27-49)55-44-45-61-60-38-18-20-42-63(60)67(64(61)47-55,52-31-12-4-13-32-52)53-33-14-5-15-34-53/h1-47H. The van der Waals surface area contributed by atoms with Crippen molar-refractivity contribution in [3.63, 3.8) is 0 Å². The molecule has 0 aliphatic heterocycles. The molecule has 0 saturated heterocycles. The summed E-state index contributed by atoms with van der Waals surface area (Å²) < 4.78 is 0. The van der Waals surface area contributed by atoms with Crippen LogP contribution in [0.5, 0.6) is 0 Å². The van der Waals surface area contributed by atoms with E-state index in [1.54, 1.807) is 0 Å². The molecule has 1 aliphatic rings. The molecule has 0 unspecified atom stereocenters. The van der Waals surface area contributed by atoms with Crippen molar-refractivity contribution in [2.45, 2.75) is 5.41 Å². The first kappa shape index (κ1) is 40.7. The van der Waals surface area contributed by atoms with Gasteiger partial charge in [-0.1, -0.05) is 255 Å². The number of anilines is 3. The van der Waals surface area contributed by atoms with Gasteiger partial charge >= 0.3 is 0 Å². The van der Waals surface area contributed by atoms with Crippen molar-refractivity contribution in [1.29, 1.82) is 0 Å². The van der Waals surface area contributed by atoms with E-state index < -0.39 is 5.41 Å². The molecule has 0 N–H and O–H groups in total. The Morgan fingerprint density at radius 3 is 1.28 bits per heavy atom. The van der Waals surface area contributed by atoms with Crippen LogP contribution in [-0.2, 0) is 5.41 Å². The van der Waals surface area contributed by atoms with E-state index in [0.29, 0.717) is 0 Å². The Balaban J connectivity index is 1.11. The van der Waals surface area contributed by atoms with Crippen molar-refractivity contribution >= 4 is 17.1 Å². The zero-order chi connectivity index (χ0) is 45.3. The minimum absolute atomic E-state index is 0.546. The lowest BCUT2D eigenvalue weighted by molar-refractivity contribution is 0.768. The summed E-state index contributed by atoms with van der Waals surface area (Å²) in [5.74, 6) is 0. The lowest BCUT2D eigenvalue weighted by Gasteiger charge is -2.35. The molecular formula is C67H47N. The number of hydrogen-bond acceptors (Lipinski definition) is 1. The van der Waals surface area contributed by atoms with E-state index in [1.165, 1.54) is 72.3 Å². The van der Waals surface area contributed by atoms with E-state index in [-0.39, 0.29) is 0 Å². The summed E-state index contributed by atoms with van der Waals surface area (Å²) in [5.41, 5.74) is 22.1. The lowest BCUT2D eigenvalue weighted by atomic mass is 9.67. The highest BCUT2D eigenvalue weighted by Gasteiger charge is 2.46. The summed E-state index contributed by atoms with van der Waals surface area (Å²) in [4.78, 5) is 2.48. The fourth-order valence-electron chi connectivity index (χ4n) is 10.9. The van der Waals surface area contributed by atoms with Crippen LogP contribution in [-0.4, -0.2) is 0 Å². The molecule has 1 heteroatoms. The average molecular weight is 866 g/mol. The molecule has 12 rings (SSSR count). The van der Waals surface area contributed by atoms with Crippen LogP contribution >= 0.6 is 0 Å². The topological polar surface area (TPSA) is 3.24 Å². The van der Waals surface area contributed by atoms with Gasteiger partial charge in [0.1, 0.15) is 0 Å². The Morgan fingerprint density at radius 2 is 0.647 bits per heavy atom. The number of rotatable bonds is 10. The highest BCUT2D eigenvalue weighted by Crippen LogP contribution is 2.57. The third-order valence-electron chi connectivity index (χ3n) is 13.8. The smallest absolute Gasteiger partial charge is 0.0714 e. The quantitative estimate of drug-likeness (QED) is 0.132. The molecule has 1 aliphatic carbocycles. The first-order valence-electron chi connectivity index (χ1n) is 23.5. The molecule has 0 spiro atoms. The summed E-state index contributed by atoms with van der Waals surface area (Å²) in [6.45, 7) is 0. The summed E-state index contributed by atoms with van der Waals surface area (Å²) in [5, 5.41) is 0. The minimum Gasteiger partial charge on any atom is -0.310 e. The van der Waals surface area contributed by atoms with Crippen LogP contribution in [0.15, 0.2) is 285 Å².